The van der Waals surface area contributed by atoms with Gasteiger partial charge in [-0.2, -0.15) is 0 Å². The maximum absolute atomic E-state index is 2.53. The van der Waals surface area contributed by atoms with Gasteiger partial charge in [-0.05, 0) is 110 Å². The van der Waals surface area contributed by atoms with Crippen LogP contribution in [0.1, 0.15) is 22.3 Å². The Morgan fingerprint density at radius 1 is 0.262 bits per heavy atom. The summed E-state index contributed by atoms with van der Waals surface area (Å²) in [4.78, 5) is 0. The zero-order chi connectivity index (χ0) is 42.6. The molecule has 2 nitrogen and oxygen atoms in total. The van der Waals surface area contributed by atoms with Crippen molar-refractivity contribution in [3.8, 4) is 33.6 Å². The standard InChI is InChI=1S/C63H40N2/c1-3-21-45(22-4-1)63(46-23-5-2-6-24-46)55-29-13-11-27-49(55)51-39-54-53-38-44(34-36-61(53)65(62(54)40-56(51)63)58-32-16-20-42-18-8-10-26-48(42)58)43-33-35-60-52(37-43)50-28-12-14-30-59(50)64(60)57-31-15-19-41-17-7-9-25-47(41)57/h1-40H. The molecule has 0 atom stereocenters. The van der Waals surface area contributed by atoms with Crippen LogP contribution in [0, 0.1) is 0 Å². The third kappa shape index (κ3) is 5.05. The van der Waals surface area contributed by atoms with E-state index in [1.807, 2.05) is 0 Å². The number of fused-ring (bicyclic) bond motifs is 11. The van der Waals surface area contributed by atoms with Gasteiger partial charge in [0.1, 0.15) is 0 Å². The summed E-state index contributed by atoms with van der Waals surface area (Å²) in [5, 5.41) is 9.92. The van der Waals surface area contributed by atoms with Crippen LogP contribution in [0.15, 0.2) is 243 Å². The van der Waals surface area contributed by atoms with Crippen molar-refractivity contribution < 1.29 is 0 Å². The second-order valence-corrected chi connectivity index (χ2v) is 17.6. The molecule has 0 saturated heterocycles. The molecule has 1 aliphatic rings. The smallest absolute Gasteiger partial charge is 0.0714 e. The molecule has 2 heterocycles. The van der Waals surface area contributed by atoms with E-state index in [0.29, 0.717) is 0 Å². The predicted octanol–water partition coefficient (Wildman–Crippen LogP) is 16.2. The molecule has 0 aliphatic heterocycles. The van der Waals surface area contributed by atoms with Gasteiger partial charge in [-0.3, -0.25) is 0 Å². The molecule has 13 aromatic rings. The average Bonchev–Trinajstić information content (AvgIpc) is 3.99. The second-order valence-electron chi connectivity index (χ2n) is 17.6. The summed E-state index contributed by atoms with van der Waals surface area (Å²) in [5.41, 5.74) is 16.8. The molecule has 0 radical (unpaired) electrons. The molecule has 0 spiro atoms. The van der Waals surface area contributed by atoms with Crippen LogP contribution in [0.4, 0.5) is 0 Å². The van der Waals surface area contributed by atoms with Crippen LogP contribution < -0.4 is 0 Å². The summed E-state index contributed by atoms with van der Waals surface area (Å²) in [6, 6.07) is 90.2. The molecule has 14 rings (SSSR count). The summed E-state index contributed by atoms with van der Waals surface area (Å²) >= 11 is 0. The van der Waals surface area contributed by atoms with Crippen LogP contribution in [0.5, 0.6) is 0 Å². The molecule has 1 aliphatic carbocycles. The van der Waals surface area contributed by atoms with Gasteiger partial charge in [0.05, 0.1) is 38.9 Å². The van der Waals surface area contributed by atoms with Gasteiger partial charge in [0.15, 0.2) is 0 Å². The minimum atomic E-state index is -0.505. The first kappa shape index (κ1) is 36.1. The number of para-hydroxylation sites is 1. The Labute approximate surface area is 376 Å². The van der Waals surface area contributed by atoms with Gasteiger partial charge in [0, 0.05) is 32.3 Å². The summed E-state index contributed by atoms with van der Waals surface area (Å²) in [6.07, 6.45) is 0. The molecule has 0 saturated carbocycles. The molecular weight excluding hydrogens is 785 g/mol. The topological polar surface area (TPSA) is 9.86 Å². The van der Waals surface area contributed by atoms with E-state index in [1.54, 1.807) is 0 Å². The van der Waals surface area contributed by atoms with Crippen molar-refractivity contribution in [3.63, 3.8) is 0 Å². The van der Waals surface area contributed by atoms with Gasteiger partial charge in [-0.25, -0.2) is 0 Å². The molecule has 0 amide bonds. The van der Waals surface area contributed by atoms with Gasteiger partial charge in [-0.15, -0.1) is 0 Å². The molecule has 2 aromatic heterocycles. The van der Waals surface area contributed by atoms with E-state index in [9.17, 15) is 0 Å². The van der Waals surface area contributed by atoms with Crippen LogP contribution in [0.2, 0.25) is 0 Å². The van der Waals surface area contributed by atoms with E-state index in [-0.39, 0.29) is 0 Å². The lowest BCUT2D eigenvalue weighted by molar-refractivity contribution is 0.769. The Morgan fingerprint density at radius 2 is 0.723 bits per heavy atom. The second kappa shape index (κ2) is 13.8. The quantitative estimate of drug-likeness (QED) is 0.164. The predicted molar refractivity (Wildman–Crippen MR) is 273 cm³/mol. The van der Waals surface area contributed by atoms with Crippen LogP contribution in [0.3, 0.4) is 0 Å². The van der Waals surface area contributed by atoms with Gasteiger partial charge >= 0.3 is 0 Å². The van der Waals surface area contributed by atoms with Crippen molar-refractivity contribution in [2.45, 2.75) is 5.41 Å². The average molecular weight is 825 g/mol. The SMILES string of the molecule is c1ccc(C2(c3ccccc3)c3ccccc3-c3cc4c5cc(-c6ccc7c(c6)c6ccccc6n7-c6cccc7ccccc67)ccc5n(-c5cccc6ccccc56)c4cc32)cc1. The Balaban J connectivity index is 1.05. The fourth-order valence-electron chi connectivity index (χ4n) is 11.6. The van der Waals surface area contributed by atoms with E-state index >= 15 is 0 Å². The third-order valence-corrected chi connectivity index (χ3v) is 14.4. The van der Waals surface area contributed by atoms with E-state index in [0.717, 1.165) is 0 Å². The van der Waals surface area contributed by atoms with Crippen molar-refractivity contribution in [1.29, 1.82) is 0 Å². The fraction of sp³-hybridized carbons (Fsp3) is 0.0159. The summed E-state index contributed by atoms with van der Waals surface area (Å²) in [5.74, 6) is 0. The van der Waals surface area contributed by atoms with Crippen LogP contribution in [0.25, 0.3) is 98.8 Å². The largest absolute Gasteiger partial charge is 0.309 e. The molecule has 0 fully saturated rings. The van der Waals surface area contributed by atoms with Gasteiger partial charge in [-0.1, -0.05) is 188 Å². The number of nitrogens with zero attached hydrogens (tertiary/aromatic N) is 2. The number of aromatic nitrogens is 2. The monoisotopic (exact) mass is 824 g/mol. The lowest BCUT2D eigenvalue weighted by atomic mass is 9.67. The maximum Gasteiger partial charge on any atom is 0.0714 e. The van der Waals surface area contributed by atoms with E-state index in [1.165, 1.54) is 121 Å². The number of hydrogen-bond donors (Lipinski definition) is 0. The van der Waals surface area contributed by atoms with Crippen molar-refractivity contribution >= 4 is 65.2 Å². The molecule has 65 heavy (non-hydrogen) atoms. The third-order valence-electron chi connectivity index (χ3n) is 14.4. The molecule has 302 valence electrons. The highest BCUT2D eigenvalue weighted by Crippen LogP contribution is 2.57. The van der Waals surface area contributed by atoms with Crippen LogP contribution >= 0.6 is 0 Å². The first-order valence-electron chi connectivity index (χ1n) is 22.6. The maximum atomic E-state index is 2.53. The van der Waals surface area contributed by atoms with Crippen molar-refractivity contribution in [3.05, 3.63) is 265 Å². The molecule has 0 N–H and O–H groups in total. The summed E-state index contributed by atoms with van der Waals surface area (Å²) < 4.78 is 4.98. The minimum Gasteiger partial charge on any atom is -0.309 e. The molecule has 0 unspecified atom stereocenters. The molecule has 11 aromatic carbocycles. The van der Waals surface area contributed by atoms with Crippen molar-refractivity contribution in [1.82, 2.24) is 9.13 Å². The van der Waals surface area contributed by atoms with Crippen LogP contribution in [-0.4, -0.2) is 9.13 Å². The van der Waals surface area contributed by atoms with Crippen molar-refractivity contribution in [2.75, 3.05) is 0 Å². The van der Waals surface area contributed by atoms with E-state index in [2.05, 4.69) is 252 Å². The zero-order valence-electron chi connectivity index (χ0n) is 35.5. The highest BCUT2D eigenvalue weighted by atomic mass is 15.0. The summed E-state index contributed by atoms with van der Waals surface area (Å²) in [6.45, 7) is 0. The van der Waals surface area contributed by atoms with E-state index in [4.69, 9.17) is 0 Å². The lowest BCUT2D eigenvalue weighted by Gasteiger charge is -2.34. The first-order chi connectivity index (χ1) is 32.3. The number of rotatable bonds is 5. The molecular formula is C63H40N2. The van der Waals surface area contributed by atoms with Crippen LogP contribution in [-0.2, 0) is 5.41 Å². The zero-order valence-corrected chi connectivity index (χ0v) is 35.5. The normalized spacial score (nSPS) is 13.0. The highest BCUT2D eigenvalue weighted by Gasteiger charge is 2.46. The highest BCUT2D eigenvalue weighted by molar-refractivity contribution is 6.15. The Hall–Kier alpha value is -8.46. The first-order valence-corrected chi connectivity index (χ1v) is 22.6. The number of hydrogen-bond acceptors (Lipinski definition) is 0. The Morgan fingerprint density at radius 3 is 1.35 bits per heavy atom. The van der Waals surface area contributed by atoms with Crippen molar-refractivity contribution in [2.24, 2.45) is 0 Å². The lowest BCUT2D eigenvalue weighted by Crippen LogP contribution is -2.28. The number of benzene rings is 11. The Bertz CT molecular complexity index is 4010. The minimum absolute atomic E-state index is 0.505. The van der Waals surface area contributed by atoms with Gasteiger partial charge in [0.25, 0.3) is 0 Å². The van der Waals surface area contributed by atoms with Gasteiger partial charge in [0.2, 0.25) is 0 Å². The molecule has 0 bridgehead atoms. The summed E-state index contributed by atoms with van der Waals surface area (Å²) in [7, 11) is 0. The van der Waals surface area contributed by atoms with Gasteiger partial charge < -0.3 is 9.13 Å². The Kier molecular flexibility index (Phi) is 7.64. The molecule has 2 heteroatoms. The van der Waals surface area contributed by atoms with E-state index < -0.39 is 5.41 Å². The fourth-order valence-corrected chi connectivity index (χ4v) is 11.6.